The zero-order valence-electron chi connectivity index (χ0n) is 19.3. The Kier molecular flexibility index (Phi) is 7.92. The molecule has 0 saturated carbocycles. The van der Waals surface area contributed by atoms with E-state index in [1.165, 1.54) is 4.90 Å². The largest absolute Gasteiger partial charge is 0.332 e. The maximum absolute atomic E-state index is 13.1. The molecule has 0 saturated heterocycles. The number of rotatable bonds is 7. The maximum Gasteiger partial charge on any atom is 0.255 e. The highest BCUT2D eigenvalue weighted by atomic mass is 32.2. The molecule has 0 aliphatic heterocycles. The Hall–Kier alpha value is -3.56. The van der Waals surface area contributed by atoms with Crippen molar-refractivity contribution in [2.45, 2.75) is 31.4 Å². The molecule has 6 heteroatoms. The van der Waals surface area contributed by atoms with Crippen molar-refractivity contribution in [1.82, 2.24) is 4.90 Å². The molecular weight excluding hydrogens is 430 g/mol. The molecule has 0 unspecified atom stereocenters. The van der Waals surface area contributed by atoms with E-state index < -0.39 is 0 Å². The van der Waals surface area contributed by atoms with Crippen molar-refractivity contribution in [1.29, 1.82) is 5.26 Å². The zero-order chi connectivity index (χ0) is 24.0. The molecule has 0 atom stereocenters. The van der Waals surface area contributed by atoms with Gasteiger partial charge in [0.05, 0.1) is 23.7 Å². The van der Waals surface area contributed by atoms with E-state index in [0.717, 1.165) is 32.8 Å². The fraction of sp³-hybridized carbons (Fsp3) is 0.222. The summed E-state index contributed by atoms with van der Waals surface area (Å²) in [5.41, 5.74) is 6.19. The highest BCUT2D eigenvalue weighted by Crippen LogP contribution is 2.27. The molecule has 5 nitrogen and oxygen atoms in total. The minimum atomic E-state index is -0.233. The Labute approximate surface area is 199 Å². The molecule has 0 radical (unpaired) electrons. The smallest absolute Gasteiger partial charge is 0.255 e. The number of nitriles is 1. The number of amides is 2. The summed E-state index contributed by atoms with van der Waals surface area (Å²) in [4.78, 5) is 28.1. The Morgan fingerprint density at radius 2 is 1.64 bits per heavy atom. The quantitative estimate of drug-likeness (QED) is 0.476. The lowest BCUT2D eigenvalue weighted by atomic mass is 10.1. The second-order valence-corrected chi connectivity index (χ2v) is 9.09. The van der Waals surface area contributed by atoms with Crippen LogP contribution in [0, 0.1) is 32.1 Å². The number of hydrogen-bond donors (Lipinski definition) is 1. The number of carbonyl (C=O) groups is 2. The second kappa shape index (κ2) is 10.8. The molecule has 2 amide bonds. The second-order valence-electron chi connectivity index (χ2n) is 8.08. The van der Waals surface area contributed by atoms with Crippen LogP contribution in [0.5, 0.6) is 0 Å². The molecule has 0 aliphatic carbocycles. The summed E-state index contributed by atoms with van der Waals surface area (Å²) in [6.45, 7) is 5.91. The van der Waals surface area contributed by atoms with Gasteiger partial charge >= 0.3 is 0 Å². The van der Waals surface area contributed by atoms with E-state index in [-0.39, 0.29) is 18.4 Å². The number of hydrogen-bond acceptors (Lipinski definition) is 4. The first-order valence-electron chi connectivity index (χ1n) is 10.6. The van der Waals surface area contributed by atoms with Crippen LogP contribution in [-0.4, -0.2) is 30.3 Å². The summed E-state index contributed by atoms with van der Waals surface area (Å²) in [6, 6.07) is 21.0. The molecule has 0 aliphatic rings. The Bertz CT molecular complexity index is 1190. The monoisotopic (exact) mass is 457 g/mol. The first-order valence-corrected chi connectivity index (χ1v) is 11.6. The van der Waals surface area contributed by atoms with Crippen molar-refractivity contribution in [3.63, 3.8) is 0 Å². The van der Waals surface area contributed by atoms with Gasteiger partial charge in [-0.15, -0.1) is 11.8 Å². The van der Waals surface area contributed by atoms with E-state index in [1.54, 1.807) is 37.0 Å². The lowest BCUT2D eigenvalue weighted by Gasteiger charge is -2.20. The van der Waals surface area contributed by atoms with Gasteiger partial charge in [-0.2, -0.15) is 5.26 Å². The number of aryl methyl sites for hydroxylation is 3. The summed E-state index contributed by atoms with van der Waals surface area (Å²) in [7, 11) is 1.64. The normalized spacial score (nSPS) is 10.4. The lowest BCUT2D eigenvalue weighted by molar-refractivity contribution is -0.116. The number of nitrogens with one attached hydrogen (secondary N) is 1. The van der Waals surface area contributed by atoms with Crippen LogP contribution in [0.4, 0.5) is 5.69 Å². The summed E-state index contributed by atoms with van der Waals surface area (Å²) in [5.74, 6) is 0.237. The molecule has 0 spiro atoms. The highest BCUT2D eigenvalue weighted by Gasteiger charge is 2.19. The molecular formula is C27H27N3O2S. The van der Waals surface area contributed by atoms with E-state index in [0.29, 0.717) is 16.9 Å². The Morgan fingerprint density at radius 1 is 1.00 bits per heavy atom. The minimum absolute atomic E-state index is 0.0415. The molecule has 3 rings (SSSR count). The predicted octanol–water partition coefficient (Wildman–Crippen LogP) is 5.49. The van der Waals surface area contributed by atoms with Gasteiger partial charge in [-0.05, 0) is 61.7 Å². The number of nitrogens with zero attached hydrogens (tertiary/aromatic N) is 2. The van der Waals surface area contributed by atoms with Crippen LogP contribution >= 0.6 is 11.8 Å². The Balaban J connectivity index is 1.66. The van der Waals surface area contributed by atoms with Crippen LogP contribution in [0.2, 0.25) is 0 Å². The molecule has 33 heavy (non-hydrogen) atoms. The third-order valence-corrected chi connectivity index (χ3v) is 6.41. The van der Waals surface area contributed by atoms with Gasteiger partial charge in [0.1, 0.15) is 0 Å². The summed E-state index contributed by atoms with van der Waals surface area (Å²) < 4.78 is 0. The third-order valence-electron chi connectivity index (χ3n) is 5.26. The number of likely N-dealkylation sites (N-methyl/N-ethyl adjacent to an activating group) is 1. The standard InChI is InChI=1S/C27H27N3O2S/c1-18-13-19(2)26(20(3)14-18)29-25(31)16-30(4)27(32)23-7-5-6-8-24(23)33-17-22-11-9-21(15-28)10-12-22/h5-14H,16-17H2,1-4H3,(H,29,31). The number of carbonyl (C=O) groups excluding carboxylic acids is 2. The van der Waals surface area contributed by atoms with Crippen molar-refractivity contribution in [3.05, 3.63) is 94.0 Å². The predicted molar refractivity (Wildman–Crippen MR) is 133 cm³/mol. The average molecular weight is 458 g/mol. The third kappa shape index (κ3) is 6.24. The molecule has 0 aromatic heterocycles. The number of thioether (sulfide) groups is 1. The summed E-state index contributed by atoms with van der Waals surface area (Å²) in [6.07, 6.45) is 0. The molecule has 3 aromatic carbocycles. The lowest BCUT2D eigenvalue weighted by Crippen LogP contribution is -2.35. The van der Waals surface area contributed by atoms with Gasteiger partial charge in [0.2, 0.25) is 5.91 Å². The van der Waals surface area contributed by atoms with Crippen LogP contribution in [0.25, 0.3) is 0 Å². The topological polar surface area (TPSA) is 73.2 Å². The van der Waals surface area contributed by atoms with Gasteiger partial charge in [-0.1, -0.05) is 42.0 Å². The fourth-order valence-corrected chi connectivity index (χ4v) is 4.66. The van der Waals surface area contributed by atoms with E-state index in [1.807, 2.05) is 63.2 Å². The molecule has 0 bridgehead atoms. The van der Waals surface area contributed by atoms with Gasteiger partial charge in [0.15, 0.2) is 0 Å². The van der Waals surface area contributed by atoms with Crippen LogP contribution in [0.15, 0.2) is 65.6 Å². The fourth-order valence-electron chi connectivity index (χ4n) is 3.65. The maximum atomic E-state index is 13.1. The zero-order valence-corrected chi connectivity index (χ0v) is 20.1. The van der Waals surface area contributed by atoms with Crippen molar-refractivity contribution in [3.8, 4) is 6.07 Å². The van der Waals surface area contributed by atoms with E-state index in [9.17, 15) is 9.59 Å². The SMILES string of the molecule is Cc1cc(C)c(NC(=O)CN(C)C(=O)c2ccccc2SCc2ccc(C#N)cc2)c(C)c1. The van der Waals surface area contributed by atoms with Gasteiger partial charge < -0.3 is 10.2 Å². The molecule has 168 valence electrons. The average Bonchev–Trinajstić information content (AvgIpc) is 2.80. The van der Waals surface area contributed by atoms with Crippen LogP contribution in [0.3, 0.4) is 0 Å². The van der Waals surface area contributed by atoms with E-state index in [2.05, 4.69) is 11.4 Å². The molecule has 0 fully saturated rings. The van der Waals surface area contributed by atoms with Gasteiger partial charge in [0.25, 0.3) is 5.91 Å². The first kappa shape index (κ1) is 24.1. The molecule has 1 N–H and O–H groups in total. The highest BCUT2D eigenvalue weighted by molar-refractivity contribution is 7.98. The van der Waals surface area contributed by atoms with Gasteiger partial charge in [0, 0.05) is 23.4 Å². The summed E-state index contributed by atoms with van der Waals surface area (Å²) >= 11 is 1.56. The first-order chi connectivity index (χ1) is 15.8. The van der Waals surface area contributed by atoms with Crippen LogP contribution in [0.1, 0.15) is 38.2 Å². The number of benzene rings is 3. The minimum Gasteiger partial charge on any atom is -0.332 e. The van der Waals surface area contributed by atoms with Gasteiger partial charge in [-0.3, -0.25) is 9.59 Å². The van der Waals surface area contributed by atoms with Crippen molar-refractivity contribution in [2.75, 3.05) is 18.9 Å². The number of anilines is 1. The van der Waals surface area contributed by atoms with Crippen LogP contribution in [-0.2, 0) is 10.5 Å². The summed E-state index contributed by atoms with van der Waals surface area (Å²) in [5, 5.41) is 11.9. The van der Waals surface area contributed by atoms with Crippen LogP contribution < -0.4 is 5.32 Å². The van der Waals surface area contributed by atoms with E-state index >= 15 is 0 Å². The molecule has 3 aromatic rings. The van der Waals surface area contributed by atoms with Crippen molar-refractivity contribution in [2.24, 2.45) is 0 Å². The van der Waals surface area contributed by atoms with Crippen molar-refractivity contribution >= 4 is 29.3 Å². The van der Waals surface area contributed by atoms with E-state index in [4.69, 9.17) is 5.26 Å². The van der Waals surface area contributed by atoms with Gasteiger partial charge in [-0.25, -0.2) is 0 Å². The molecule has 0 heterocycles. The Morgan fingerprint density at radius 3 is 2.27 bits per heavy atom. The van der Waals surface area contributed by atoms with Crippen molar-refractivity contribution < 1.29 is 9.59 Å².